The van der Waals surface area contributed by atoms with Crippen molar-refractivity contribution < 1.29 is 0 Å². The zero-order chi connectivity index (χ0) is 14.5. The third-order valence-corrected chi connectivity index (χ3v) is 3.49. The second-order valence-corrected chi connectivity index (χ2v) is 5.46. The molecule has 1 N–H and O–H groups in total. The van der Waals surface area contributed by atoms with Crippen molar-refractivity contribution in [1.82, 2.24) is 20.1 Å². The molecule has 2 rings (SSSR count). The number of nitrogens with one attached hydrogen (secondary N) is 1. The molecule has 0 aliphatic rings. The molecule has 0 fully saturated rings. The van der Waals surface area contributed by atoms with Crippen LogP contribution in [-0.2, 0) is 6.42 Å². The first kappa shape index (κ1) is 15.0. The fourth-order valence-electron chi connectivity index (χ4n) is 2.33. The Morgan fingerprint density at radius 1 is 1.35 bits per heavy atom. The molecule has 20 heavy (non-hydrogen) atoms. The minimum Gasteiger partial charge on any atom is -0.309 e. The third kappa shape index (κ3) is 3.38. The minimum atomic E-state index is 0.118. The Labute approximate surface area is 125 Å². The zero-order valence-electron chi connectivity index (χ0n) is 12.2. The number of likely N-dealkylation sites (N-methyl/N-ethyl adjacent to an activating group) is 1. The first-order valence-corrected chi connectivity index (χ1v) is 7.37. The van der Waals surface area contributed by atoms with Gasteiger partial charge in [-0.05, 0) is 32.5 Å². The normalized spacial score (nSPS) is 12.8. The van der Waals surface area contributed by atoms with E-state index in [2.05, 4.69) is 36.2 Å². The van der Waals surface area contributed by atoms with E-state index in [0.29, 0.717) is 5.02 Å². The predicted molar refractivity (Wildman–Crippen MR) is 82.0 cm³/mol. The maximum absolute atomic E-state index is 6.34. The topological polar surface area (TPSA) is 42.7 Å². The quantitative estimate of drug-likeness (QED) is 0.887. The van der Waals surface area contributed by atoms with Crippen molar-refractivity contribution in [2.45, 2.75) is 39.3 Å². The molecule has 5 heteroatoms. The third-order valence-electron chi connectivity index (χ3n) is 3.20. The van der Waals surface area contributed by atoms with Crippen LogP contribution in [0.4, 0.5) is 0 Å². The molecule has 1 unspecified atom stereocenters. The Bertz CT molecular complexity index is 536. The summed E-state index contributed by atoms with van der Waals surface area (Å²) in [6.07, 6.45) is 4.34. The summed E-state index contributed by atoms with van der Waals surface area (Å²) in [5, 5.41) is 8.58. The number of hydrogen-bond donors (Lipinski definition) is 1. The van der Waals surface area contributed by atoms with Gasteiger partial charge in [0.15, 0.2) is 0 Å². The average Bonchev–Trinajstić information content (AvgIpc) is 2.81. The zero-order valence-corrected chi connectivity index (χ0v) is 12.9. The van der Waals surface area contributed by atoms with Crippen LogP contribution >= 0.6 is 11.6 Å². The molecule has 0 aliphatic heterocycles. The van der Waals surface area contributed by atoms with Gasteiger partial charge in [0.1, 0.15) is 0 Å². The summed E-state index contributed by atoms with van der Waals surface area (Å²) in [4.78, 5) is 4.40. The maximum atomic E-state index is 6.34. The van der Waals surface area contributed by atoms with Crippen LogP contribution in [-0.4, -0.2) is 21.3 Å². The maximum Gasteiger partial charge on any atom is 0.0834 e. The Balaban J connectivity index is 2.31. The molecule has 1 atom stereocenters. The summed E-state index contributed by atoms with van der Waals surface area (Å²) >= 11 is 6.34. The van der Waals surface area contributed by atoms with Crippen LogP contribution in [0.5, 0.6) is 0 Å². The van der Waals surface area contributed by atoms with Gasteiger partial charge in [-0.2, -0.15) is 5.10 Å². The standard InChI is InChI=1S/C15H21ClN4/c1-4-17-14(9-12-7-5-6-8-18-12)15-13(16)10-19-20(15)11(2)3/h5-8,10-11,14,17H,4,9H2,1-3H3. The molecule has 0 bridgehead atoms. The van der Waals surface area contributed by atoms with Crippen LogP contribution in [0.1, 0.15) is 44.2 Å². The van der Waals surface area contributed by atoms with Crippen molar-refractivity contribution >= 4 is 11.6 Å². The summed E-state index contributed by atoms with van der Waals surface area (Å²) in [5.41, 5.74) is 2.08. The summed E-state index contributed by atoms with van der Waals surface area (Å²) in [5.74, 6) is 0. The summed E-state index contributed by atoms with van der Waals surface area (Å²) in [6, 6.07) is 6.37. The van der Waals surface area contributed by atoms with Gasteiger partial charge >= 0.3 is 0 Å². The van der Waals surface area contributed by atoms with Crippen LogP contribution in [0.25, 0.3) is 0 Å². The largest absolute Gasteiger partial charge is 0.309 e. The predicted octanol–water partition coefficient (Wildman–Crippen LogP) is 3.41. The van der Waals surface area contributed by atoms with Crippen LogP contribution in [0.3, 0.4) is 0 Å². The molecule has 0 saturated heterocycles. The molecule has 0 spiro atoms. The summed E-state index contributed by atoms with van der Waals surface area (Å²) in [7, 11) is 0. The summed E-state index contributed by atoms with van der Waals surface area (Å²) < 4.78 is 1.98. The van der Waals surface area contributed by atoms with Gasteiger partial charge < -0.3 is 5.32 Å². The van der Waals surface area contributed by atoms with Crippen molar-refractivity contribution in [2.75, 3.05) is 6.54 Å². The van der Waals surface area contributed by atoms with Gasteiger partial charge in [-0.25, -0.2) is 0 Å². The van der Waals surface area contributed by atoms with Gasteiger partial charge in [0.05, 0.1) is 23.0 Å². The van der Waals surface area contributed by atoms with Gasteiger partial charge in [-0.15, -0.1) is 0 Å². The van der Waals surface area contributed by atoms with Gasteiger partial charge in [-0.3, -0.25) is 9.67 Å². The number of nitrogens with zero attached hydrogens (tertiary/aromatic N) is 3. The lowest BCUT2D eigenvalue weighted by atomic mass is 10.1. The van der Waals surface area contributed by atoms with Gasteiger partial charge in [0.25, 0.3) is 0 Å². The van der Waals surface area contributed by atoms with Crippen molar-refractivity contribution in [1.29, 1.82) is 0 Å². The highest BCUT2D eigenvalue weighted by Gasteiger charge is 2.21. The molecule has 108 valence electrons. The molecular formula is C15H21ClN4. The van der Waals surface area contributed by atoms with Gasteiger partial charge in [-0.1, -0.05) is 24.6 Å². The van der Waals surface area contributed by atoms with Crippen molar-refractivity contribution in [3.63, 3.8) is 0 Å². The SMILES string of the molecule is CCNC(Cc1ccccn1)c1c(Cl)cnn1C(C)C. The second kappa shape index (κ2) is 6.86. The van der Waals surface area contributed by atoms with E-state index in [0.717, 1.165) is 24.4 Å². The number of hydrogen-bond acceptors (Lipinski definition) is 3. The van der Waals surface area contributed by atoms with E-state index in [1.165, 1.54) is 0 Å². The number of pyridine rings is 1. The molecule has 2 heterocycles. The Morgan fingerprint density at radius 2 is 2.15 bits per heavy atom. The Kier molecular flexibility index (Phi) is 5.15. The molecular weight excluding hydrogens is 272 g/mol. The van der Waals surface area contributed by atoms with Crippen LogP contribution in [0, 0.1) is 0 Å². The van der Waals surface area contributed by atoms with Crippen LogP contribution in [0.2, 0.25) is 5.02 Å². The van der Waals surface area contributed by atoms with Gasteiger partial charge in [0, 0.05) is 24.4 Å². The molecule has 0 saturated carbocycles. The lowest BCUT2D eigenvalue weighted by Gasteiger charge is -2.21. The van der Waals surface area contributed by atoms with Crippen molar-refractivity contribution in [2.24, 2.45) is 0 Å². The number of halogens is 1. The lowest BCUT2D eigenvalue weighted by molar-refractivity contribution is 0.446. The number of aromatic nitrogens is 3. The van der Waals surface area contributed by atoms with E-state index in [9.17, 15) is 0 Å². The average molecular weight is 293 g/mol. The molecule has 4 nitrogen and oxygen atoms in total. The van der Waals surface area contributed by atoms with Gasteiger partial charge in [0.2, 0.25) is 0 Å². The van der Waals surface area contributed by atoms with E-state index in [1.54, 1.807) is 6.20 Å². The van der Waals surface area contributed by atoms with E-state index in [4.69, 9.17) is 11.6 Å². The van der Waals surface area contributed by atoms with Crippen molar-refractivity contribution in [3.05, 3.63) is 47.0 Å². The molecule has 0 aromatic carbocycles. The molecule has 0 amide bonds. The molecule has 0 aliphatic carbocycles. The van der Waals surface area contributed by atoms with E-state index >= 15 is 0 Å². The molecule has 2 aromatic heterocycles. The van der Waals surface area contributed by atoms with E-state index < -0.39 is 0 Å². The van der Waals surface area contributed by atoms with Crippen LogP contribution < -0.4 is 5.32 Å². The first-order valence-electron chi connectivity index (χ1n) is 6.99. The first-order chi connectivity index (χ1) is 9.63. The fraction of sp³-hybridized carbons (Fsp3) is 0.467. The highest BCUT2D eigenvalue weighted by Crippen LogP contribution is 2.27. The van der Waals surface area contributed by atoms with Crippen molar-refractivity contribution in [3.8, 4) is 0 Å². The molecule has 0 radical (unpaired) electrons. The molecule has 2 aromatic rings. The van der Waals surface area contributed by atoms with E-state index in [-0.39, 0.29) is 12.1 Å². The Morgan fingerprint density at radius 3 is 2.75 bits per heavy atom. The minimum absolute atomic E-state index is 0.118. The summed E-state index contributed by atoms with van der Waals surface area (Å²) in [6.45, 7) is 7.18. The van der Waals surface area contributed by atoms with Crippen LogP contribution in [0.15, 0.2) is 30.6 Å². The monoisotopic (exact) mass is 292 g/mol. The highest BCUT2D eigenvalue weighted by atomic mass is 35.5. The number of rotatable bonds is 6. The lowest BCUT2D eigenvalue weighted by Crippen LogP contribution is -2.27. The van der Waals surface area contributed by atoms with E-state index in [1.807, 2.05) is 29.1 Å². The fourth-order valence-corrected chi connectivity index (χ4v) is 2.59. The Hall–Kier alpha value is -1.39. The second-order valence-electron chi connectivity index (χ2n) is 5.05. The smallest absolute Gasteiger partial charge is 0.0834 e. The highest BCUT2D eigenvalue weighted by molar-refractivity contribution is 6.31.